The highest BCUT2D eigenvalue weighted by molar-refractivity contribution is 7.89. The highest BCUT2D eigenvalue weighted by atomic mass is 32.2. The van der Waals surface area contributed by atoms with E-state index in [1.165, 1.54) is 6.33 Å². The van der Waals surface area contributed by atoms with Crippen LogP contribution in [0.5, 0.6) is 5.75 Å². The van der Waals surface area contributed by atoms with E-state index in [2.05, 4.69) is 14.7 Å². The third-order valence-corrected chi connectivity index (χ3v) is 5.73. The Morgan fingerprint density at radius 1 is 1.00 bits per heavy atom. The number of hydrogen-bond acceptors (Lipinski definition) is 5. The number of rotatable bonds is 6. The van der Waals surface area contributed by atoms with Gasteiger partial charge >= 0.3 is 0 Å². The molecule has 0 aliphatic carbocycles. The predicted molar refractivity (Wildman–Crippen MR) is 104 cm³/mol. The summed E-state index contributed by atoms with van der Waals surface area (Å²) in [7, 11) is -2.01. The summed E-state index contributed by atoms with van der Waals surface area (Å²) in [5.74, 6) is 0.759. The second-order valence-electron chi connectivity index (χ2n) is 6.22. The van der Waals surface area contributed by atoms with E-state index in [4.69, 9.17) is 4.74 Å². The molecule has 7 heteroatoms. The first-order chi connectivity index (χ1) is 12.9. The van der Waals surface area contributed by atoms with Gasteiger partial charge in [-0.05, 0) is 55.8 Å². The molecule has 0 aliphatic rings. The second kappa shape index (κ2) is 7.85. The zero-order chi connectivity index (χ0) is 19.4. The summed E-state index contributed by atoms with van der Waals surface area (Å²) in [5, 5.41) is 0. The number of methoxy groups -OCH3 is 1. The van der Waals surface area contributed by atoms with Crippen LogP contribution in [0.3, 0.4) is 0 Å². The van der Waals surface area contributed by atoms with Crippen LogP contribution < -0.4 is 9.46 Å². The molecule has 0 atom stereocenters. The molecule has 140 valence electrons. The Kier molecular flexibility index (Phi) is 5.53. The highest BCUT2D eigenvalue weighted by Crippen LogP contribution is 2.21. The van der Waals surface area contributed by atoms with Gasteiger partial charge in [0.2, 0.25) is 10.0 Å². The van der Waals surface area contributed by atoms with E-state index in [9.17, 15) is 8.42 Å². The molecule has 1 aromatic heterocycles. The molecular weight excluding hydrogens is 362 g/mol. The van der Waals surface area contributed by atoms with Gasteiger partial charge in [0.1, 0.15) is 12.1 Å². The quantitative estimate of drug-likeness (QED) is 0.707. The molecule has 0 spiro atoms. The fraction of sp³-hybridized carbons (Fsp3) is 0.200. The lowest BCUT2D eigenvalue weighted by Gasteiger charge is -2.10. The first kappa shape index (κ1) is 19.0. The molecule has 6 nitrogen and oxygen atoms in total. The van der Waals surface area contributed by atoms with Crippen LogP contribution in [0, 0.1) is 13.8 Å². The van der Waals surface area contributed by atoms with E-state index in [0.29, 0.717) is 17.0 Å². The lowest BCUT2D eigenvalue weighted by atomic mass is 10.1. The standard InChI is InChI=1S/C20H21N3O3S/c1-14-4-9-20(15(2)10-14)27(24,25)23-12-17-11-19(22-13-21-17)16-5-7-18(26-3)8-6-16/h4-11,13,23H,12H2,1-3H3. The topological polar surface area (TPSA) is 81.2 Å². The maximum absolute atomic E-state index is 12.6. The van der Waals surface area contributed by atoms with Crippen molar-refractivity contribution in [2.45, 2.75) is 25.3 Å². The molecule has 0 amide bonds. The van der Waals surface area contributed by atoms with Crippen molar-refractivity contribution >= 4 is 10.0 Å². The van der Waals surface area contributed by atoms with Crippen molar-refractivity contribution in [1.29, 1.82) is 0 Å². The smallest absolute Gasteiger partial charge is 0.241 e. The molecule has 0 saturated carbocycles. The normalized spacial score (nSPS) is 11.4. The molecule has 27 heavy (non-hydrogen) atoms. The van der Waals surface area contributed by atoms with Gasteiger partial charge in [-0.25, -0.2) is 23.1 Å². The van der Waals surface area contributed by atoms with Crippen LogP contribution in [-0.2, 0) is 16.6 Å². The highest BCUT2D eigenvalue weighted by Gasteiger charge is 2.16. The van der Waals surface area contributed by atoms with Crippen molar-refractivity contribution < 1.29 is 13.2 Å². The average Bonchev–Trinajstić information content (AvgIpc) is 2.66. The van der Waals surface area contributed by atoms with Crippen molar-refractivity contribution in [3.63, 3.8) is 0 Å². The molecule has 0 bridgehead atoms. The van der Waals surface area contributed by atoms with E-state index < -0.39 is 10.0 Å². The third kappa shape index (κ3) is 4.50. The molecule has 2 aromatic carbocycles. The summed E-state index contributed by atoms with van der Waals surface area (Å²) < 4.78 is 33.0. The van der Waals surface area contributed by atoms with E-state index in [1.807, 2.05) is 37.3 Å². The van der Waals surface area contributed by atoms with Crippen LogP contribution in [0.2, 0.25) is 0 Å². The SMILES string of the molecule is COc1ccc(-c2cc(CNS(=O)(=O)c3ccc(C)cc3C)ncn2)cc1. The van der Waals surface area contributed by atoms with E-state index in [0.717, 1.165) is 16.9 Å². The molecule has 3 rings (SSSR count). The molecule has 0 aliphatic heterocycles. The summed E-state index contributed by atoms with van der Waals surface area (Å²) in [5.41, 5.74) is 3.93. The van der Waals surface area contributed by atoms with Gasteiger partial charge < -0.3 is 4.74 Å². The maximum Gasteiger partial charge on any atom is 0.241 e. The molecule has 1 N–H and O–H groups in total. The summed E-state index contributed by atoms with van der Waals surface area (Å²) in [4.78, 5) is 8.71. The van der Waals surface area contributed by atoms with E-state index in [1.54, 1.807) is 32.2 Å². The Hall–Kier alpha value is -2.77. The minimum absolute atomic E-state index is 0.0846. The van der Waals surface area contributed by atoms with Crippen LogP contribution in [0.4, 0.5) is 0 Å². The molecular formula is C20H21N3O3S. The van der Waals surface area contributed by atoms with Crippen molar-refractivity contribution in [1.82, 2.24) is 14.7 Å². The maximum atomic E-state index is 12.6. The van der Waals surface area contributed by atoms with Crippen molar-refractivity contribution in [3.05, 3.63) is 71.7 Å². The van der Waals surface area contributed by atoms with Crippen LogP contribution in [0.15, 0.2) is 59.8 Å². The van der Waals surface area contributed by atoms with Crippen LogP contribution >= 0.6 is 0 Å². The Balaban J connectivity index is 1.78. The first-order valence-electron chi connectivity index (χ1n) is 8.41. The molecule has 0 radical (unpaired) electrons. The lowest BCUT2D eigenvalue weighted by Crippen LogP contribution is -2.24. The van der Waals surface area contributed by atoms with Gasteiger partial charge in [-0.15, -0.1) is 0 Å². The number of aromatic nitrogens is 2. The van der Waals surface area contributed by atoms with Crippen LogP contribution in [0.25, 0.3) is 11.3 Å². The third-order valence-electron chi connectivity index (χ3n) is 4.17. The van der Waals surface area contributed by atoms with Gasteiger partial charge in [0, 0.05) is 5.56 Å². The Morgan fingerprint density at radius 2 is 1.74 bits per heavy atom. The van der Waals surface area contributed by atoms with Crippen molar-refractivity contribution in [2.75, 3.05) is 7.11 Å². The zero-order valence-electron chi connectivity index (χ0n) is 15.4. The average molecular weight is 383 g/mol. The summed E-state index contributed by atoms with van der Waals surface area (Å²) in [6, 6.07) is 14.5. The predicted octanol–water partition coefficient (Wildman–Crippen LogP) is 3.25. The number of aryl methyl sites for hydroxylation is 2. The second-order valence-corrected chi connectivity index (χ2v) is 7.95. The molecule has 1 heterocycles. The fourth-order valence-corrected chi connectivity index (χ4v) is 3.98. The lowest BCUT2D eigenvalue weighted by molar-refractivity contribution is 0.415. The fourth-order valence-electron chi connectivity index (χ4n) is 2.76. The van der Waals surface area contributed by atoms with Gasteiger partial charge in [-0.2, -0.15) is 0 Å². The molecule has 0 fully saturated rings. The molecule has 3 aromatic rings. The summed E-state index contributed by atoms with van der Waals surface area (Å²) in [6.07, 6.45) is 1.43. The minimum Gasteiger partial charge on any atom is -0.497 e. The number of sulfonamides is 1. The van der Waals surface area contributed by atoms with Gasteiger partial charge in [0.25, 0.3) is 0 Å². The number of nitrogens with zero attached hydrogens (tertiary/aromatic N) is 2. The van der Waals surface area contributed by atoms with E-state index >= 15 is 0 Å². The monoisotopic (exact) mass is 383 g/mol. The number of ether oxygens (including phenoxy) is 1. The van der Waals surface area contributed by atoms with E-state index in [-0.39, 0.29) is 11.4 Å². The minimum atomic E-state index is -3.62. The Morgan fingerprint density at radius 3 is 2.41 bits per heavy atom. The van der Waals surface area contributed by atoms with Gasteiger partial charge in [0.15, 0.2) is 0 Å². The molecule has 0 unspecified atom stereocenters. The van der Waals surface area contributed by atoms with Gasteiger partial charge in [-0.1, -0.05) is 17.7 Å². The summed E-state index contributed by atoms with van der Waals surface area (Å²) in [6.45, 7) is 3.80. The Bertz CT molecular complexity index is 1050. The Labute approximate surface area is 159 Å². The van der Waals surface area contributed by atoms with Gasteiger partial charge in [-0.3, -0.25) is 0 Å². The number of nitrogens with one attached hydrogen (secondary N) is 1. The zero-order valence-corrected chi connectivity index (χ0v) is 16.2. The van der Waals surface area contributed by atoms with Crippen molar-refractivity contribution in [3.8, 4) is 17.0 Å². The van der Waals surface area contributed by atoms with Gasteiger partial charge in [0.05, 0.1) is 29.9 Å². The number of hydrogen-bond donors (Lipinski definition) is 1. The van der Waals surface area contributed by atoms with Crippen LogP contribution in [-0.4, -0.2) is 25.5 Å². The first-order valence-corrected chi connectivity index (χ1v) is 9.89. The largest absolute Gasteiger partial charge is 0.497 e. The molecule has 0 saturated heterocycles. The number of benzene rings is 2. The van der Waals surface area contributed by atoms with Crippen LogP contribution in [0.1, 0.15) is 16.8 Å². The summed E-state index contributed by atoms with van der Waals surface area (Å²) >= 11 is 0. The van der Waals surface area contributed by atoms with Crippen molar-refractivity contribution in [2.24, 2.45) is 0 Å².